The average molecular weight is 504 g/mol. The van der Waals surface area contributed by atoms with E-state index in [2.05, 4.69) is 11.0 Å². The van der Waals surface area contributed by atoms with Crippen LogP contribution in [0.15, 0.2) is 53.8 Å². The first-order chi connectivity index (χ1) is 18.0. The molecule has 2 aromatic rings. The molecule has 1 fully saturated rings. The van der Waals surface area contributed by atoms with E-state index in [1.165, 1.54) is 0 Å². The van der Waals surface area contributed by atoms with Crippen molar-refractivity contribution in [2.45, 2.75) is 12.0 Å². The van der Waals surface area contributed by atoms with Gasteiger partial charge in [0.15, 0.2) is 23.0 Å². The second kappa shape index (κ2) is 8.94. The number of carbonyl (C=O) groups is 2. The van der Waals surface area contributed by atoms with E-state index in [9.17, 15) is 9.59 Å². The number of amides is 1. The summed E-state index contributed by atoms with van der Waals surface area (Å²) in [5.41, 5.74) is 5.82. The molecule has 4 atom stereocenters. The van der Waals surface area contributed by atoms with E-state index >= 15 is 0 Å². The van der Waals surface area contributed by atoms with Gasteiger partial charge in [0.2, 0.25) is 12.5 Å². The van der Waals surface area contributed by atoms with Crippen molar-refractivity contribution in [3.05, 3.63) is 70.5 Å². The van der Waals surface area contributed by atoms with Crippen molar-refractivity contribution < 1.29 is 38.0 Å². The molecule has 0 unspecified atom stereocenters. The third-order valence-electron chi connectivity index (χ3n) is 7.36. The standard InChI is InChI=1S/C28H25NO8/c1-32-21-8-15(9-22(33-2)26(21)34-3)23-16-10-19-20(37-13-36-19)11-17(16)25(18-12-35-28(31)24(18)23)29-27(30)14-6-4-5-7-14/h4-6,8-11,18,23-25H,12-13H2,1-3H3,(H,29,30)/t18-,23+,24-,25+/m0/s1. The van der Waals surface area contributed by atoms with Gasteiger partial charge >= 0.3 is 5.97 Å². The zero-order chi connectivity index (χ0) is 25.7. The van der Waals surface area contributed by atoms with Crippen molar-refractivity contribution >= 4 is 11.9 Å². The number of ether oxygens (including phenoxy) is 6. The second-order valence-electron chi connectivity index (χ2n) is 9.13. The zero-order valence-corrected chi connectivity index (χ0v) is 20.5. The van der Waals surface area contributed by atoms with Gasteiger partial charge in [0.25, 0.3) is 5.91 Å². The topological polar surface area (TPSA) is 102 Å². The fourth-order valence-corrected chi connectivity index (χ4v) is 5.72. The number of allylic oxidation sites excluding steroid dienone is 1. The molecular weight excluding hydrogens is 478 g/mol. The van der Waals surface area contributed by atoms with Gasteiger partial charge in [-0.2, -0.15) is 0 Å². The van der Waals surface area contributed by atoms with Gasteiger partial charge in [0.1, 0.15) is 0 Å². The second-order valence-corrected chi connectivity index (χ2v) is 9.13. The maximum atomic E-state index is 13.2. The Bertz CT molecular complexity index is 1380. The number of hydrogen-bond acceptors (Lipinski definition) is 8. The normalized spacial score (nSPS) is 24.2. The number of fused-ring (bicyclic) bond motifs is 3. The molecule has 37 heavy (non-hydrogen) atoms. The molecule has 0 bridgehead atoms. The van der Waals surface area contributed by atoms with Crippen LogP contribution in [0.1, 0.15) is 28.7 Å². The predicted octanol–water partition coefficient (Wildman–Crippen LogP) is 3.18. The quantitative estimate of drug-likeness (QED) is 0.474. The molecule has 1 N–H and O–H groups in total. The number of hydrogen-bond donors (Lipinski definition) is 1. The van der Waals surface area contributed by atoms with E-state index in [-0.39, 0.29) is 31.2 Å². The summed E-state index contributed by atoms with van der Waals surface area (Å²) in [6.45, 7) is 0.273. The number of esters is 1. The van der Waals surface area contributed by atoms with Gasteiger partial charge in [-0.25, -0.2) is 0 Å². The van der Waals surface area contributed by atoms with E-state index < -0.39 is 17.9 Å². The van der Waals surface area contributed by atoms with Gasteiger partial charge in [-0.3, -0.25) is 9.59 Å². The molecule has 1 amide bonds. The van der Waals surface area contributed by atoms with Crippen molar-refractivity contribution in [1.82, 2.24) is 5.32 Å². The van der Waals surface area contributed by atoms with Gasteiger partial charge in [-0.1, -0.05) is 6.08 Å². The molecule has 0 radical (unpaired) electrons. The minimum atomic E-state index is -0.565. The molecule has 9 heteroatoms. The first kappa shape index (κ1) is 23.1. The third-order valence-corrected chi connectivity index (χ3v) is 7.36. The number of benzene rings is 2. The van der Waals surface area contributed by atoms with E-state index in [0.29, 0.717) is 34.3 Å². The van der Waals surface area contributed by atoms with Crippen LogP contribution in [-0.2, 0) is 14.3 Å². The Balaban J connectivity index is 1.54. The van der Waals surface area contributed by atoms with Gasteiger partial charge in [-0.05, 0) is 53.1 Å². The molecule has 4 aliphatic rings. The number of rotatable bonds is 6. The summed E-state index contributed by atoms with van der Waals surface area (Å²) in [4.78, 5) is 26.3. The highest BCUT2D eigenvalue weighted by atomic mass is 16.7. The lowest BCUT2D eigenvalue weighted by Crippen LogP contribution is -2.43. The largest absolute Gasteiger partial charge is 0.493 e. The Morgan fingerprint density at radius 3 is 2.30 bits per heavy atom. The number of nitrogens with one attached hydrogen (secondary N) is 1. The maximum Gasteiger partial charge on any atom is 0.310 e. The van der Waals surface area contributed by atoms with Crippen molar-refractivity contribution in [2.75, 3.05) is 34.7 Å². The zero-order valence-electron chi connectivity index (χ0n) is 20.5. The lowest BCUT2D eigenvalue weighted by atomic mass is 9.65. The van der Waals surface area contributed by atoms with Gasteiger partial charge in [-0.15, -0.1) is 5.73 Å². The predicted molar refractivity (Wildman–Crippen MR) is 130 cm³/mol. The Labute approximate surface area is 213 Å². The molecule has 0 saturated carbocycles. The minimum Gasteiger partial charge on any atom is -0.493 e. The number of carbonyl (C=O) groups excluding carboxylic acids is 2. The van der Waals surface area contributed by atoms with Crippen LogP contribution in [0, 0.1) is 11.8 Å². The van der Waals surface area contributed by atoms with E-state index in [4.69, 9.17) is 28.4 Å². The van der Waals surface area contributed by atoms with Crippen molar-refractivity contribution in [3.8, 4) is 28.7 Å². The molecular formula is C28H25NO8. The molecule has 2 aliphatic carbocycles. The van der Waals surface area contributed by atoms with Crippen LogP contribution in [0.2, 0.25) is 0 Å². The summed E-state index contributed by atoms with van der Waals surface area (Å²) < 4.78 is 33.7. The van der Waals surface area contributed by atoms with Crippen LogP contribution in [0.4, 0.5) is 0 Å². The highest BCUT2D eigenvalue weighted by molar-refractivity contribution is 5.97. The van der Waals surface area contributed by atoms with E-state index in [0.717, 1.165) is 16.7 Å². The van der Waals surface area contributed by atoms with Crippen LogP contribution in [0.3, 0.4) is 0 Å². The monoisotopic (exact) mass is 503 g/mol. The highest BCUT2D eigenvalue weighted by Gasteiger charge is 2.53. The Kier molecular flexibility index (Phi) is 5.57. The molecule has 0 spiro atoms. The van der Waals surface area contributed by atoms with Crippen LogP contribution in [0.25, 0.3) is 0 Å². The Morgan fingerprint density at radius 1 is 0.973 bits per heavy atom. The van der Waals surface area contributed by atoms with E-state index in [1.807, 2.05) is 24.3 Å². The van der Waals surface area contributed by atoms with Crippen molar-refractivity contribution in [1.29, 1.82) is 0 Å². The fraction of sp³-hybridized carbons (Fsp3) is 0.321. The average Bonchev–Trinajstić information content (AvgIpc) is 3.68. The Hall–Kier alpha value is -4.36. The molecule has 9 nitrogen and oxygen atoms in total. The lowest BCUT2D eigenvalue weighted by molar-refractivity contribution is -0.141. The SMILES string of the molecule is COc1cc([C@@H]2c3cc4c(cc3[C@@H](NC(=O)C3=C=CC=C3)[C@H]3COC(=O)[C@H]23)OCO4)cc(OC)c1OC. The molecule has 0 aromatic heterocycles. The smallest absolute Gasteiger partial charge is 0.310 e. The Morgan fingerprint density at radius 2 is 1.68 bits per heavy atom. The van der Waals surface area contributed by atoms with Crippen LogP contribution >= 0.6 is 0 Å². The summed E-state index contributed by atoms with van der Waals surface area (Å²) in [5.74, 6) is 0.671. The van der Waals surface area contributed by atoms with Crippen LogP contribution < -0.4 is 29.0 Å². The summed E-state index contributed by atoms with van der Waals surface area (Å²) in [7, 11) is 4.64. The molecule has 190 valence electrons. The molecule has 1 saturated heterocycles. The number of cyclic esters (lactones) is 1. The first-order valence-electron chi connectivity index (χ1n) is 11.9. The summed E-state index contributed by atoms with van der Waals surface area (Å²) in [6.07, 6.45) is 5.14. The maximum absolute atomic E-state index is 13.2. The molecule has 2 heterocycles. The summed E-state index contributed by atoms with van der Waals surface area (Å²) >= 11 is 0. The third kappa shape index (κ3) is 3.62. The van der Waals surface area contributed by atoms with Crippen LogP contribution in [0.5, 0.6) is 28.7 Å². The van der Waals surface area contributed by atoms with Crippen molar-refractivity contribution in [3.63, 3.8) is 0 Å². The lowest BCUT2D eigenvalue weighted by Gasteiger charge is -2.39. The highest BCUT2D eigenvalue weighted by Crippen LogP contribution is 2.55. The molecule has 2 aliphatic heterocycles. The van der Waals surface area contributed by atoms with Gasteiger partial charge < -0.3 is 33.7 Å². The number of methoxy groups -OCH3 is 3. The minimum absolute atomic E-state index is 0.0987. The van der Waals surface area contributed by atoms with Gasteiger partial charge in [0, 0.05) is 11.8 Å². The molecule has 2 aromatic carbocycles. The van der Waals surface area contributed by atoms with E-state index in [1.54, 1.807) is 39.6 Å². The first-order valence-corrected chi connectivity index (χ1v) is 11.9. The van der Waals surface area contributed by atoms with Crippen LogP contribution in [-0.4, -0.2) is 46.6 Å². The molecule has 6 rings (SSSR count). The van der Waals surface area contributed by atoms with Gasteiger partial charge in [0.05, 0.1) is 45.5 Å². The summed E-state index contributed by atoms with van der Waals surface area (Å²) in [6, 6.07) is 6.99. The fourth-order valence-electron chi connectivity index (χ4n) is 5.72. The summed E-state index contributed by atoms with van der Waals surface area (Å²) in [5, 5.41) is 3.13. The van der Waals surface area contributed by atoms with Crippen molar-refractivity contribution in [2.24, 2.45) is 11.8 Å².